The third-order valence-electron chi connectivity index (χ3n) is 8.14. The lowest BCUT2D eigenvalue weighted by Crippen LogP contribution is -2.06. The van der Waals surface area contributed by atoms with E-state index in [1.165, 1.54) is 37.6 Å². The van der Waals surface area contributed by atoms with Crippen LogP contribution in [0.1, 0.15) is 25.2 Å². The summed E-state index contributed by atoms with van der Waals surface area (Å²) >= 11 is 6.88. The number of aromatic amines is 3. The lowest BCUT2D eigenvalue weighted by Gasteiger charge is -2.05. The van der Waals surface area contributed by atoms with Crippen LogP contribution in [0.5, 0.6) is 0 Å². The van der Waals surface area contributed by atoms with Gasteiger partial charge in [0.05, 0.1) is 65.0 Å². The molecule has 0 aliphatic carbocycles. The van der Waals surface area contributed by atoms with E-state index in [4.69, 9.17) is 5.11 Å². The van der Waals surface area contributed by atoms with Crippen LogP contribution >= 0.6 is 31.9 Å². The smallest absolute Gasteiger partial charge is 0.261 e. The third kappa shape index (κ3) is 7.70. The Morgan fingerprint density at radius 3 is 1.29 bits per heavy atom. The first kappa shape index (κ1) is 36.6. The highest BCUT2D eigenvalue weighted by Crippen LogP contribution is 2.29. The number of hydrogen-bond donors (Lipinski definition) is 4. The molecule has 0 unspecified atom stereocenters. The number of aldehydes is 1. The molecule has 9 rings (SSSR count). The molecule has 0 aliphatic heterocycles. The van der Waals surface area contributed by atoms with Gasteiger partial charge >= 0.3 is 0 Å². The highest BCUT2D eigenvalue weighted by atomic mass is 79.9. The summed E-state index contributed by atoms with van der Waals surface area (Å²) in [6.07, 6.45) is 9.31. The molecule has 0 saturated carbocycles. The molecule has 0 aliphatic rings. The van der Waals surface area contributed by atoms with Gasteiger partial charge in [0.15, 0.2) is 16.9 Å². The number of alkyl halides is 2. The van der Waals surface area contributed by atoms with E-state index in [9.17, 15) is 19.2 Å². The molecule has 0 saturated heterocycles. The minimum atomic E-state index is -0.226. The molecule has 19 heteroatoms. The van der Waals surface area contributed by atoms with Crippen molar-refractivity contribution in [2.24, 2.45) is 0 Å². The van der Waals surface area contributed by atoms with E-state index < -0.39 is 0 Å². The van der Waals surface area contributed by atoms with Crippen LogP contribution in [-0.4, -0.2) is 70.6 Å². The van der Waals surface area contributed by atoms with Gasteiger partial charge in [0, 0.05) is 5.56 Å². The molecule has 0 bridgehead atoms. The van der Waals surface area contributed by atoms with Gasteiger partial charge in [-0.3, -0.25) is 19.2 Å². The number of benzene rings is 3. The number of nitrogens with one attached hydrogen (secondary N) is 3. The van der Waals surface area contributed by atoms with Crippen molar-refractivity contribution in [2.75, 3.05) is 0 Å². The maximum Gasteiger partial charge on any atom is 0.261 e. The van der Waals surface area contributed by atoms with Crippen LogP contribution in [0.2, 0.25) is 0 Å². The molecule has 3 aromatic carbocycles. The number of H-pyrrole nitrogens is 3. The number of rotatable bonds is 6. The summed E-state index contributed by atoms with van der Waals surface area (Å²) in [4.78, 5) is 65.2. The van der Waals surface area contributed by atoms with Crippen LogP contribution < -0.4 is 16.7 Å². The number of nitrogens with zero attached hydrogens (tertiary/aromatic N) is 9. The minimum Gasteiger partial charge on any atom is -0.392 e. The second-order valence-corrected chi connectivity index (χ2v) is 14.6. The van der Waals surface area contributed by atoms with Crippen molar-refractivity contribution in [2.45, 2.75) is 10.3 Å². The fourth-order valence-corrected chi connectivity index (χ4v) is 5.94. The van der Waals surface area contributed by atoms with Gasteiger partial charge in [0.1, 0.15) is 22.4 Å². The predicted molar refractivity (Wildman–Crippen MR) is 210 cm³/mol. The quantitative estimate of drug-likeness (QED) is 0.135. The molecule has 17 nitrogen and oxygen atoms in total. The maximum absolute atomic E-state index is 11.6. The van der Waals surface area contributed by atoms with Crippen molar-refractivity contribution in [1.29, 1.82) is 0 Å². The van der Waals surface area contributed by atoms with E-state index in [0.717, 1.165) is 34.5 Å². The van der Waals surface area contributed by atoms with E-state index in [1.54, 1.807) is 50.4 Å². The zero-order valence-electron chi connectivity index (χ0n) is 28.1. The van der Waals surface area contributed by atoms with E-state index in [-0.39, 0.29) is 27.0 Å². The Morgan fingerprint density at radius 2 is 0.945 bits per heavy atom. The van der Waals surface area contributed by atoms with Crippen LogP contribution in [0.15, 0.2) is 125 Å². The topological polar surface area (TPSA) is 228 Å². The molecule has 0 fully saturated rings. The standard InChI is InChI=1S/C12H8Br2N4O.C12H10N4O2.C12H8N4O2/c13-10(14)7-1-3-8(4-2-7)18-11-9(5-17-18)12(19)16-6-15-11;2*17-6-8-1-3-9(4-2-8)16-11-10(5-15-16)12(18)14-7-13-11/h1-6,10H,(H,15,16,19);1-5,7,17H,6H2,(H,13,14,18);1-7H,(H,13,14,18). The van der Waals surface area contributed by atoms with Crippen molar-refractivity contribution in [3.8, 4) is 17.1 Å². The van der Waals surface area contributed by atoms with E-state index in [2.05, 4.69) is 77.1 Å². The van der Waals surface area contributed by atoms with Crippen molar-refractivity contribution in [3.63, 3.8) is 0 Å². The molecule has 55 heavy (non-hydrogen) atoms. The normalized spacial score (nSPS) is 11.0. The molecule has 0 spiro atoms. The zero-order valence-corrected chi connectivity index (χ0v) is 31.3. The molecule has 0 amide bonds. The predicted octanol–water partition coefficient (Wildman–Crippen LogP) is 4.42. The third-order valence-corrected chi connectivity index (χ3v) is 9.20. The maximum atomic E-state index is 11.6. The van der Waals surface area contributed by atoms with Crippen LogP contribution in [-0.2, 0) is 6.61 Å². The van der Waals surface area contributed by atoms with Crippen molar-refractivity contribution >= 4 is 71.2 Å². The highest BCUT2D eigenvalue weighted by molar-refractivity contribution is 9.24. The summed E-state index contributed by atoms with van der Waals surface area (Å²) in [5.74, 6) is 0. The molecular formula is C36H26Br2N12O5. The summed E-state index contributed by atoms with van der Waals surface area (Å²) < 4.78 is 4.90. The number of carbonyl (C=O) groups is 1. The van der Waals surface area contributed by atoms with Crippen LogP contribution in [0, 0.1) is 0 Å². The van der Waals surface area contributed by atoms with Gasteiger partial charge in [0.2, 0.25) is 0 Å². The van der Waals surface area contributed by atoms with E-state index in [0.29, 0.717) is 38.7 Å². The molecule has 6 heterocycles. The van der Waals surface area contributed by atoms with Gasteiger partial charge < -0.3 is 20.1 Å². The lowest BCUT2D eigenvalue weighted by atomic mass is 10.2. The average molecular weight is 866 g/mol. The summed E-state index contributed by atoms with van der Waals surface area (Å²) in [6, 6.07) is 21.9. The lowest BCUT2D eigenvalue weighted by molar-refractivity contribution is 0.112. The van der Waals surface area contributed by atoms with Gasteiger partial charge in [-0.2, -0.15) is 15.3 Å². The fraction of sp³-hybridized carbons (Fsp3) is 0.0556. The van der Waals surface area contributed by atoms with Crippen molar-refractivity contribution in [3.05, 3.63) is 158 Å². The number of aromatic nitrogens is 12. The first-order valence-corrected chi connectivity index (χ1v) is 18.0. The molecule has 274 valence electrons. The SMILES string of the molecule is O=Cc1ccc(-n2ncc3c(=O)[nH]cnc32)cc1.O=c1[nH]cnc2c1cnn2-c1ccc(C(Br)Br)cc1.O=c1[nH]cnc2c1cnn2-c1ccc(CO)cc1. The second-order valence-electron chi connectivity index (χ2n) is 11.5. The zero-order chi connectivity index (χ0) is 38.5. The van der Waals surface area contributed by atoms with Gasteiger partial charge in [-0.15, -0.1) is 0 Å². The molecule has 0 atom stereocenters. The molecule has 4 N–H and O–H groups in total. The average Bonchev–Trinajstić information content (AvgIpc) is 3.98. The van der Waals surface area contributed by atoms with E-state index in [1.807, 2.05) is 36.4 Å². The molecule has 9 aromatic rings. The Labute approximate surface area is 324 Å². The van der Waals surface area contributed by atoms with Gasteiger partial charge in [-0.25, -0.2) is 29.0 Å². The van der Waals surface area contributed by atoms with Crippen molar-refractivity contribution in [1.82, 2.24) is 59.2 Å². The summed E-state index contributed by atoms with van der Waals surface area (Å²) in [5, 5.41) is 22.8. The van der Waals surface area contributed by atoms with Gasteiger partial charge in [-0.05, 0) is 59.7 Å². The molecule has 6 aromatic heterocycles. The van der Waals surface area contributed by atoms with Gasteiger partial charge in [0.25, 0.3) is 16.7 Å². The van der Waals surface area contributed by atoms with Gasteiger partial charge in [-0.1, -0.05) is 56.1 Å². The fourth-order valence-electron chi connectivity index (χ4n) is 5.33. The number of aliphatic hydroxyl groups excluding tert-OH is 1. The Hall–Kier alpha value is -6.70. The minimum absolute atomic E-state index is 0.00193. The summed E-state index contributed by atoms with van der Waals surface area (Å²) in [6.45, 7) is -0.00193. The van der Waals surface area contributed by atoms with Crippen LogP contribution in [0.3, 0.4) is 0 Å². The number of carbonyl (C=O) groups excluding carboxylic acids is 1. The molecule has 0 radical (unpaired) electrons. The number of aliphatic hydroxyl groups is 1. The number of fused-ring (bicyclic) bond motifs is 3. The van der Waals surface area contributed by atoms with Crippen LogP contribution in [0.25, 0.3) is 50.2 Å². The number of hydrogen-bond acceptors (Lipinski definition) is 11. The highest BCUT2D eigenvalue weighted by Gasteiger charge is 2.11. The summed E-state index contributed by atoms with van der Waals surface area (Å²) in [7, 11) is 0. The summed E-state index contributed by atoms with van der Waals surface area (Å²) in [5.41, 5.74) is 5.82. The Morgan fingerprint density at radius 1 is 0.582 bits per heavy atom. The Balaban J connectivity index is 0.000000127. The Bertz CT molecular complexity index is 2930. The largest absolute Gasteiger partial charge is 0.392 e. The number of halogens is 2. The van der Waals surface area contributed by atoms with E-state index >= 15 is 0 Å². The first-order valence-electron chi connectivity index (χ1n) is 16.1. The second kappa shape index (κ2) is 16.1. The Kier molecular flexibility index (Phi) is 10.7. The first-order chi connectivity index (χ1) is 26.7. The van der Waals surface area contributed by atoms with Crippen molar-refractivity contribution < 1.29 is 9.90 Å². The van der Waals surface area contributed by atoms with Crippen LogP contribution in [0.4, 0.5) is 0 Å². The molecular weight excluding hydrogens is 840 g/mol. The monoisotopic (exact) mass is 864 g/mol.